The number of hydrogen-bond acceptors (Lipinski definition) is 2. The van der Waals surface area contributed by atoms with Gasteiger partial charge in [0.05, 0.1) is 16.8 Å². The topological polar surface area (TPSA) is 33.4 Å². The van der Waals surface area contributed by atoms with Gasteiger partial charge in [-0.25, -0.2) is 0 Å². The molecule has 1 N–H and O–H groups in total. The lowest BCUT2D eigenvalue weighted by Crippen LogP contribution is -2.05. The summed E-state index contributed by atoms with van der Waals surface area (Å²) in [6.45, 7) is 3.82. The van der Waals surface area contributed by atoms with E-state index in [1.807, 2.05) is 13.0 Å². The molecule has 0 spiro atoms. The van der Waals surface area contributed by atoms with E-state index in [2.05, 4.69) is 15.9 Å². The van der Waals surface area contributed by atoms with Crippen molar-refractivity contribution < 1.29 is 9.52 Å². The smallest absolute Gasteiger partial charge is 0.120 e. The van der Waals surface area contributed by atoms with Gasteiger partial charge < -0.3 is 9.52 Å². The fraction of sp³-hybridized carbons (Fsp3) is 0.556. The van der Waals surface area contributed by atoms with E-state index >= 15 is 0 Å². The molecule has 0 fully saturated rings. The molecule has 1 aromatic heterocycles. The van der Waals surface area contributed by atoms with Crippen LogP contribution in [0.4, 0.5) is 0 Å². The van der Waals surface area contributed by atoms with Gasteiger partial charge in [0.25, 0.3) is 0 Å². The van der Waals surface area contributed by atoms with Crippen LogP contribution in [0.3, 0.4) is 0 Å². The minimum atomic E-state index is -0.281. The lowest BCUT2D eigenvalue weighted by atomic mass is 10.0. The quantitative estimate of drug-likeness (QED) is 0.870. The second kappa shape index (κ2) is 4.10. The number of aliphatic hydroxyl groups is 1. The van der Waals surface area contributed by atoms with E-state index in [4.69, 9.17) is 9.52 Å². The van der Waals surface area contributed by atoms with Gasteiger partial charge in [-0.15, -0.1) is 0 Å². The van der Waals surface area contributed by atoms with Crippen LogP contribution in [0.15, 0.2) is 21.2 Å². The molecule has 2 unspecified atom stereocenters. The normalized spacial score (nSPS) is 16.0. The van der Waals surface area contributed by atoms with Crippen molar-refractivity contribution in [3.05, 3.63) is 22.6 Å². The van der Waals surface area contributed by atoms with Crippen LogP contribution in [0.25, 0.3) is 0 Å². The zero-order valence-corrected chi connectivity index (χ0v) is 8.84. The van der Waals surface area contributed by atoms with Crippen molar-refractivity contribution in [3.63, 3.8) is 0 Å². The number of aliphatic hydroxyl groups excluding tert-OH is 1. The molecule has 0 saturated carbocycles. The van der Waals surface area contributed by atoms with E-state index in [1.54, 1.807) is 13.2 Å². The van der Waals surface area contributed by atoms with E-state index in [9.17, 15) is 0 Å². The third-order valence-corrected chi connectivity index (χ3v) is 2.44. The molecule has 0 aromatic carbocycles. The van der Waals surface area contributed by atoms with Gasteiger partial charge >= 0.3 is 0 Å². The van der Waals surface area contributed by atoms with E-state index in [-0.39, 0.29) is 12.0 Å². The van der Waals surface area contributed by atoms with Crippen molar-refractivity contribution >= 4 is 15.9 Å². The summed E-state index contributed by atoms with van der Waals surface area (Å²) in [5.74, 6) is 1.17. The largest absolute Gasteiger partial charge is 0.468 e. The molecule has 0 aliphatic carbocycles. The molecule has 1 rings (SSSR count). The lowest BCUT2D eigenvalue weighted by Gasteiger charge is -2.10. The van der Waals surface area contributed by atoms with Crippen molar-refractivity contribution in [1.82, 2.24) is 0 Å². The number of rotatable bonds is 3. The monoisotopic (exact) mass is 232 g/mol. The van der Waals surface area contributed by atoms with Crippen molar-refractivity contribution in [2.75, 3.05) is 0 Å². The van der Waals surface area contributed by atoms with Crippen molar-refractivity contribution in [2.45, 2.75) is 32.3 Å². The molecule has 1 aromatic rings. The molecule has 68 valence electrons. The first kappa shape index (κ1) is 9.81. The van der Waals surface area contributed by atoms with Gasteiger partial charge in [-0.1, -0.05) is 6.92 Å². The van der Waals surface area contributed by atoms with Crippen molar-refractivity contribution in [3.8, 4) is 0 Å². The summed E-state index contributed by atoms with van der Waals surface area (Å²) < 4.78 is 6.25. The molecule has 1 heterocycles. The highest BCUT2D eigenvalue weighted by molar-refractivity contribution is 9.10. The summed E-state index contributed by atoms with van der Waals surface area (Å²) in [5, 5.41) is 9.16. The van der Waals surface area contributed by atoms with E-state index in [0.29, 0.717) is 0 Å². The first-order valence-corrected chi connectivity index (χ1v) is 4.81. The first-order chi connectivity index (χ1) is 5.61. The van der Waals surface area contributed by atoms with Crippen LogP contribution in [0.5, 0.6) is 0 Å². The summed E-state index contributed by atoms with van der Waals surface area (Å²) in [4.78, 5) is 0. The highest BCUT2D eigenvalue weighted by Crippen LogP contribution is 2.28. The predicted octanol–water partition coefficient (Wildman–Crippen LogP) is 2.92. The third kappa shape index (κ3) is 2.35. The van der Waals surface area contributed by atoms with Crippen LogP contribution in [0.2, 0.25) is 0 Å². The van der Waals surface area contributed by atoms with Gasteiger partial charge in [0, 0.05) is 5.92 Å². The Hall–Kier alpha value is -0.280. The maximum absolute atomic E-state index is 9.16. The Balaban J connectivity index is 2.65. The Labute approximate surface area is 80.7 Å². The van der Waals surface area contributed by atoms with Gasteiger partial charge in [-0.05, 0) is 35.3 Å². The van der Waals surface area contributed by atoms with Gasteiger partial charge in [0.2, 0.25) is 0 Å². The predicted molar refractivity (Wildman–Crippen MR) is 51.1 cm³/mol. The number of halogens is 1. The molecular formula is C9H13BrO2. The zero-order chi connectivity index (χ0) is 9.14. The second-order valence-electron chi connectivity index (χ2n) is 3.12. The summed E-state index contributed by atoms with van der Waals surface area (Å²) in [6, 6.07) is 1.87. The standard InChI is InChI=1S/C9H13BrO2/c1-6(5-7(2)11)9-8(10)3-4-12-9/h3-4,6-7,11H,5H2,1-2H3. The fourth-order valence-electron chi connectivity index (χ4n) is 1.28. The van der Waals surface area contributed by atoms with Gasteiger partial charge in [0.15, 0.2) is 0 Å². The Morgan fingerprint density at radius 2 is 2.25 bits per heavy atom. The SMILES string of the molecule is CC(O)CC(C)c1occc1Br. The molecule has 0 aliphatic heterocycles. The average molecular weight is 233 g/mol. The average Bonchev–Trinajstić information content (AvgIpc) is 2.33. The maximum Gasteiger partial charge on any atom is 0.120 e. The molecule has 0 aliphatic rings. The van der Waals surface area contributed by atoms with Crippen LogP contribution in [0, 0.1) is 0 Å². The molecule has 3 heteroatoms. The zero-order valence-electron chi connectivity index (χ0n) is 7.25. The first-order valence-electron chi connectivity index (χ1n) is 4.02. The van der Waals surface area contributed by atoms with Gasteiger partial charge in [-0.2, -0.15) is 0 Å². The van der Waals surface area contributed by atoms with Crippen molar-refractivity contribution in [2.24, 2.45) is 0 Å². The van der Waals surface area contributed by atoms with Crippen LogP contribution in [0.1, 0.15) is 31.9 Å². The molecule has 2 nitrogen and oxygen atoms in total. The molecule has 2 atom stereocenters. The fourth-order valence-corrected chi connectivity index (χ4v) is 1.87. The molecule has 12 heavy (non-hydrogen) atoms. The Morgan fingerprint density at radius 1 is 1.58 bits per heavy atom. The number of hydrogen-bond donors (Lipinski definition) is 1. The lowest BCUT2D eigenvalue weighted by molar-refractivity contribution is 0.172. The van der Waals surface area contributed by atoms with E-state index in [1.165, 1.54) is 0 Å². The Morgan fingerprint density at radius 3 is 2.67 bits per heavy atom. The minimum absolute atomic E-state index is 0.259. The van der Waals surface area contributed by atoms with E-state index in [0.717, 1.165) is 16.7 Å². The summed E-state index contributed by atoms with van der Waals surface area (Å²) in [6.07, 6.45) is 2.10. The summed E-state index contributed by atoms with van der Waals surface area (Å²) >= 11 is 3.38. The molecule has 0 radical (unpaired) electrons. The molecule has 0 saturated heterocycles. The van der Waals surface area contributed by atoms with Crippen LogP contribution < -0.4 is 0 Å². The Kier molecular flexibility index (Phi) is 3.35. The van der Waals surface area contributed by atoms with Crippen molar-refractivity contribution in [1.29, 1.82) is 0 Å². The van der Waals surface area contributed by atoms with Crippen LogP contribution in [-0.2, 0) is 0 Å². The third-order valence-electron chi connectivity index (χ3n) is 1.79. The minimum Gasteiger partial charge on any atom is -0.468 e. The second-order valence-corrected chi connectivity index (χ2v) is 3.97. The maximum atomic E-state index is 9.16. The van der Waals surface area contributed by atoms with Gasteiger partial charge in [0.1, 0.15) is 5.76 Å². The highest BCUT2D eigenvalue weighted by atomic mass is 79.9. The number of furan rings is 1. The highest BCUT2D eigenvalue weighted by Gasteiger charge is 2.14. The molecule has 0 amide bonds. The Bertz CT molecular complexity index is 242. The summed E-state index contributed by atoms with van der Waals surface area (Å²) in [7, 11) is 0. The van der Waals surface area contributed by atoms with Crippen LogP contribution >= 0.6 is 15.9 Å². The molecule has 0 bridgehead atoms. The summed E-state index contributed by atoms with van der Waals surface area (Å²) in [5.41, 5.74) is 0. The van der Waals surface area contributed by atoms with E-state index < -0.39 is 0 Å². The molecular weight excluding hydrogens is 220 g/mol. The van der Waals surface area contributed by atoms with Gasteiger partial charge in [-0.3, -0.25) is 0 Å². The van der Waals surface area contributed by atoms with Crippen LogP contribution in [-0.4, -0.2) is 11.2 Å².